The molecule has 0 atom stereocenters. The number of fused-ring (bicyclic) bond motifs is 3. The van der Waals surface area contributed by atoms with Gasteiger partial charge in [-0.25, -0.2) is 0 Å². The molecule has 0 amide bonds. The van der Waals surface area contributed by atoms with Crippen LogP contribution in [-0.4, -0.2) is 76.7 Å². The summed E-state index contributed by atoms with van der Waals surface area (Å²) in [7, 11) is 42.3. The molecule has 0 bridgehead atoms. The number of benzene rings is 4. The van der Waals surface area contributed by atoms with Crippen molar-refractivity contribution in [2.45, 2.75) is 0 Å². The van der Waals surface area contributed by atoms with Gasteiger partial charge < -0.3 is 14.6 Å². The fraction of sp³-hybridized carbons (Fsp3) is 0. The molecule has 0 aliphatic carbocycles. The number of hydrogen-bond acceptors (Lipinski definition) is 2. The Labute approximate surface area is 213 Å². The van der Waals surface area contributed by atoms with Crippen LogP contribution in [0.5, 0.6) is 0 Å². The van der Waals surface area contributed by atoms with Gasteiger partial charge in [-0.05, 0) is 39.5 Å². The van der Waals surface area contributed by atoms with E-state index < -0.39 is 7.12 Å². The highest BCUT2D eigenvalue weighted by molar-refractivity contribution is 6.76. The van der Waals surface area contributed by atoms with Crippen LogP contribution < -0.4 is 43.7 Å². The SMILES string of the molecule is [B]c1c([B])c([B])c2c(c1[B])c1c([B])c(B(O)O)c([B])c([B])c1n2-c1ccc(-c2ccccc2)cc1. The highest BCUT2D eigenvalue weighted by Gasteiger charge is 2.26. The molecule has 148 valence electrons. The van der Waals surface area contributed by atoms with Gasteiger partial charge in [0.1, 0.15) is 54.9 Å². The summed E-state index contributed by atoms with van der Waals surface area (Å²) >= 11 is 0. The van der Waals surface area contributed by atoms with Crippen LogP contribution in [0.3, 0.4) is 0 Å². The number of aromatic nitrogens is 1. The Bertz CT molecular complexity index is 1630. The molecule has 1 heterocycles. The van der Waals surface area contributed by atoms with Crippen LogP contribution in [-0.2, 0) is 0 Å². The maximum atomic E-state index is 9.96. The maximum absolute atomic E-state index is 9.96. The maximum Gasteiger partial charge on any atom is 0.487 e. The van der Waals surface area contributed by atoms with Crippen molar-refractivity contribution < 1.29 is 10.0 Å². The van der Waals surface area contributed by atoms with Gasteiger partial charge in [0, 0.05) is 16.7 Å². The first-order valence-electron chi connectivity index (χ1n) is 10.7. The van der Waals surface area contributed by atoms with Gasteiger partial charge >= 0.3 is 7.12 Å². The molecule has 1 aromatic heterocycles. The van der Waals surface area contributed by atoms with Crippen LogP contribution in [0.25, 0.3) is 38.6 Å². The minimum Gasteiger partial charge on any atom is -0.423 e. The molecular formula is C24H11B8NO2. The monoisotopic (exact) mass is 433 g/mol. The van der Waals surface area contributed by atoms with E-state index in [2.05, 4.69) is 0 Å². The largest absolute Gasteiger partial charge is 0.487 e. The molecule has 5 rings (SSSR count). The third kappa shape index (κ3) is 3.48. The van der Waals surface area contributed by atoms with Crippen LogP contribution in [0.2, 0.25) is 0 Å². The summed E-state index contributed by atoms with van der Waals surface area (Å²) in [6.45, 7) is 0. The predicted molar refractivity (Wildman–Crippen MR) is 154 cm³/mol. The molecule has 0 fully saturated rings. The summed E-state index contributed by atoms with van der Waals surface area (Å²) in [6, 6.07) is 17.6. The first-order valence-corrected chi connectivity index (χ1v) is 10.7. The first-order chi connectivity index (χ1) is 16.6. The third-order valence-corrected chi connectivity index (χ3v) is 6.45. The lowest BCUT2D eigenvalue weighted by Gasteiger charge is -2.18. The van der Waals surface area contributed by atoms with Crippen molar-refractivity contribution in [3.05, 3.63) is 54.6 Å². The Balaban J connectivity index is 1.96. The molecule has 5 aromatic rings. The summed E-state index contributed by atoms with van der Waals surface area (Å²) in [6.07, 6.45) is 0. The minimum atomic E-state index is -1.96. The molecule has 0 spiro atoms. The van der Waals surface area contributed by atoms with E-state index in [9.17, 15) is 10.0 Å². The summed E-state index contributed by atoms with van der Waals surface area (Å²) in [5.41, 5.74) is 4.00. The molecule has 0 unspecified atom stereocenters. The number of hydrogen-bond donors (Lipinski definition) is 2. The standard InChI is InChI=1S/C24H11B8NO2/c25-15-13-14-16(26)22(32(34)35)19(29)21(31)24(14)33(23(13)20(30)18(28)17(15)27)12-8-6-11(7-9-12)10-4-2-1-3-5-10/h1-9,34-35H. The van der Waals surface area contributed by atoms with Crippen molar-refractivity contribution in [2.75, 3.05) is 0 Å². The van der Waals surface area contributed by atoms with Crippen molar-refractivity contribution in [1.82, 2.24) is 4.57 Å². The molecule has 35 heavy (non-hydrogen) atoms. The fourth-order valence-electron chi connectivity index (χ4n) is 4.68. The Morgan fingerprint density at radius 3 is 1.57 bits per heavy atom. The smallest absolute Gasteiger partial charge is 0.423 e. The van der Waals surface area contributed by atoms with Gasteiger partial charge in [0.25, 0.3) is 0 Å². The van der Waals surface area contributed by atoms with E-state index in [1.807, 2.05) is 54.6 Å². The summed E-state index contributed by atoms with van der Waals surface area (Å²) in [5, 5.41) is 20.7. The zero-order chi connectivity index (χ0) is 25.2. The second-order valence-electron chi connectivity index (χ2n) is 8.38. The highest BCUT2D eigenvalue weighted by Crippen LogP contribution is 2.28. The summed E-state index contributed by atoms with van der Waals surface area (Å²) in [4.78, 5) is 0. The van der Waals surface area contributed by atoms with E-state index >= 15 is 0 Å². The van der Waals surface area contributed by atoms with Crippen molar-refractivity contribution in [2.24, 2.45) is 0 Å². The second kappa shape index (κ2) is 8.65. The average Bonchev–Trinajstić information content (AvgIpc) is 3.22. The second-order valence-corrected chi connectivity index (χ2v) is 8.38. The number of rotatable bonds is 3. The molecule has 3 nitrogen and oxygen atoms in total. The van der Waals surface area contributed by atoms with Crippen LogP contribution in [0.15, 0.2) is 54.6 Å². The molecule has 0 aliphatic heterocycles. The van der Waals surface area contributed by atoms with Crippen LogP contribution in [0.1, 0.15) is 0 Å². The minimum absolute atomic E-state index is 0.00151. The lowest BCUT2D eigenvalue weighted by atomic mass is 9.59. The third-order valence-electron chi connectivity index (χ3n) is 6.45. The molecule has 4 aromatic carbocycles. The molecular weight excluding hydrogens is 421 g/mol. The van der Waals surface area contributed by atoms with Crippen molar-refractivity contribution >= 4 is 128 Å². The highest BCUT2D eigenvalue weighted by atomic mass is 16.4. The fourth-order valence-corrected chi connectivity index (χ4v) is 4.68. The van der Waals surface area contributed by atoms with Crippen molar-refractivity contribution in [3.8, 4) is 16.8 Å². The Hall–Kier alpha value is -2.88. The van der Waals surface area contributed by atoms with E-state index in [1.54, 1.807) is 4.57 Å². The average molecular weight is 432 g/mol. The van der Waals surface area contributed by atoms with Gasteiger partial charge in [-0.3, -0.25) is 0 Å². The molecule has 0 saturated heterocycles. The molecule has 0 aliphatic rings. The van der Waals surface area contributed by atoms with E-state index in [1.165, 1.54) is 0 Å². The quantitative estimate of drug-likeness (QED) is 0.284. The van der Waals surface area contributed by atoms with E-state index in [0.29, 0.717) is 27.5 Å². The van der Waals surface area contributed by atoms with Gasteiger partial charge in [0.05, 0.1) is 0 Å². The van der Waals surface area contributed by atoms with Crippen molar-refractivity contribution in [1.29, 1.82) is 0 Å². The molecule has 0 saturated carbocycles. The van der Waals surface area contributed by atoms with Crippen LogP contribution in [0, 0.1) is 0 Å². The Morgan fingerprint density at radius 2 is 1.00 bits per heavy atom. The number of nitrogens with zero attached hydrogens (tertiary/aromatic N) is 1. The first kappa shape index (κ1) is 23.8. The Morgan fingerprint density at radius 1 is 0.514 bits per heavy atom. The van der Waals surface area contributed by atoms with E-state index in [4.69, 9.17) is 54.9 Å². The normalized spacial score (nSPS) is 11.4. The predicted octanol–water partition coefficient (Wildman–Crippen LogP) is -4.31. The van der Waals surface area contributed by atoms with Crippen LogP contribution >= 0.6 is 0 Å². The van der Waals surface area contributed by atoms with Crippen LogP contribution in [0.4, 0.5) is 0 Å². The van der Waals surface area contributed by atoms with Gasteiger partial charge in [0.15, 0.2) is 0 Å². The lowest BCUT2D eigenvalue weighted by molar-refractivity contribution is 0.426. The van der Waals surface area contributed by atoms with Gasteiger partial charge in [0.2, 0.25) is 0 Å². The summed E-state index contributed by atoms with van der Waals surface area (Å²) < 4.78 is 1.76. The summed E-state index contributed by atoms with van der Waals surface area (Å²) in [5.74, 6) is 0. The zero-order valence-corrected chi connectivity index (χ0v) is 18.7. The van der Waals surface area contributed by atoms with Gasteiger partial charge in [-0.1, -0.05) is 64.3 Å². The van der Waals surface area contributed by atoms with Crippen molar-refractivity contribution in [3.63, 3.8) is 0 Å². The topological polar surface area (TPSA) is 45.4 Å². The van der Waals surface area contributed by atoms with E-state index in [0.717, 1.165) is 11.1 Å². The molecule has 2 N–H and O–H groups in total. The molecule has 11 heteroatoms. The molecule has 14 radical (unpaired) electrons. The lowest BCUT2D eigenvalue weighted by Crippen LogP contribution is -2.56. The Kier molecular flexibility index (Phi) is 5.89. The van der Waals surface area contributed by atoms with Gasteiger partial charge in [-0.2, -0.15) is 0 Å². The van der Waals surface area contributed by atoms with E-state index in [-0.39, 0.29) is 43.7 Å². The van der Waals surface area contributed by atoms with Gasteiger partial charge in [-0.15, -0.1) is 16.4 Å². The zero-order valence-electron chi connectivity index (χ0n) is 18.7.